The summed E-state index contributed by atoms with van der Waals surface area (Å²) in [6.45, 7) is 0.827. The third kappa shape index (κ3) is 3.73. The number of amides is 1. The second-order valence-corrected chi connectivity index (χ2v) is 6.66. The number of piperidine rings is 1. The van der Waals surface area contributed by atoms with E-state index >= 15 is 0 Å². The van der Waals surface area contributed by atoms with Crippen molar-refractivity contribution < 1.29 is 18.1 Å². The average molecular weight is 385 g/mol. The molecule has 9 heteroatoms. The summed E-state index contributed by atoms with van der Waals surface area (Å²) in [6.07, 6.45) is 6.69. The van der Waals surface area contributed by atoms with Crippen LogP contribution in [0.15, 0.2) is 41.3 Å². The molecule has 3 heterocycles. The summed E-state index contributed by atoms with van der Waals surface area (Å²) >= 11 is 0. The fraction of sp³-hybridized carbons (Fsp3) is 0.316. The normalized spacial score (nSPS) is 16.9. The van der Waals surface area contributed by atoms with Crippen molar-refractivity contribution in [1.29, 1.82) is 0 Å². The first-order chi connectivity index (χ1) is 13.6. The molecule has 3 aromatic rings. The van der Waals surface area contributed by atoms with Crippen LogP contribution < -0.4 is 0 Å². The van der Waals surface area contributed by atoms with Gasteiger partial charge in [-0.25, -0.2) is 13.8 Å². The summed E-state index contributed by atoms with van der Waals surface area (Å²) in [4.78, 5) is 26.5. The summed E-state index contributed by atoms with van der Waals surface area (Å²) in [7, 11) is 0. The third-order valence-corrected chi connectivity index (χ3v) is 4.71. The zero-order valence-electron chi connectivity index (χ0n) is 14.9. The third-order valence-electron chi connectivity index (χ3n) is 4.71. The van der Waals surface area contributed by atoms with Crippen molar-refractivity contribution in [2.24, 2.45) is 5.92 Å². The number of carbonyl (C=O) groups excluding carboxylic acids is 1. The SMILES string of the molecule is O=C(c1c(F)cccc1F)N1CCCC(Cc2nc(-c3cnccn3)no2)C1. The van der Waals surface area contributed by atoms with Gasteiger partial charge in [0.15, 0.2) is 0 Å². The van der Waals surface area contributed by atoms with Crippen LogP contribution in [-0.2, 0) is 6.42 Å². The van der Waals surface area contributed by atoms with E-state index in [0.29, 0.717) is 36.9 Å². The monoisotopic (exact) mass is 385 g/mol. The highest BCUT2D eigenvalue weighted by atomic mass is 19.1. The minimum Gasteiger partial charge on any atom is -0.339 e. The van der Waals surface area contributed by atoms with Crippen molar-refractivity contribution in [3.63, 3.8) is 0 Å². The lowest BCUT2D eigenvalue weighted by Crippen LogP contribution is -2.41. The summed E-state index contributed by atoms with van der Waals surface area (Å²) in [5.41, 5.74) is -0.00106. The van der Waals surface area contributed by atoms with Crippen LogP contribution in [0.2, 0.25) is 0 Å². The Balaban J connectivity index is 1.45. The molecule has 1 fully saturated rings. The highest BCUT2D eigenvalue weighted by molar-refractivity contribution is 5.94. The minimum atomic E-state index is -0.849. The predicted molar refractivity (Wildman–Crippen MR) is 94.0 cm³/mol. The molecule has 0 radical (unpaired) electrons. The van der Waals surface area contributed by atoms with Crippen LogP contribution in [0.3, 0.4) is 0 Å². The molecule has 28 heavy (non-hydrogen) atoms. The second-order valence-electron chi connectivity index (χ2n) is 6.66. The van der Waals surface area contributed by atoms with Crippen molar-refractivity contribution in [2.45, 2.75) is 19.3 Å². The predicted octanol–water partition coefficient (Wildman–Crippen LogP) is 2.90. The Morgan fingerprint density at radius 1 is 1.25 bits per heavy atom. The molecule has 1 amide bonds. The summed E-state index contributed by atoms with van der Waals surface area (Å²) in [5.74, 6) is -1.50. The number of halogens is 2. The highest BCUT2D eigenvalue weighted by Gasteiger charge is 2.29. The van der Waals surface area contributed by atoms with Gasteiger partial charge in [-0.15, -0.1) is 0 Å². The van der Waals surface area contributed by atoms with Crippen molar-refractivity contribution >= 4 is 5.91 Å². The van der Waals surface area contributed by atoms with Crippen molar-refractivity contribution in [3.05, 3.63) is 59.9 Å². The molecule has 1 aromatic carbocycles. The van der Waals surface area contributed by atoms with Crippen LogP contribution in [0.4, 0.5) is 8.78 Å². The maximum atomic E-state index is 13.9. The van der Waals surface area contributed by atoms with Crippen LogP contribution in [-0.4, -0.2) is 44.0 Å². The van der Waals surface area contributed by atoms with Crippen molar-refractivity contribution in [1.82, 2.24) is 25.0 Å². The van der Waals surface area contributed by atoms with Gasteiger partial charge < -0.3 is 9.42 Å². The van der Waals surface area contributed by atoms with Gasteiger partial charge in [0.05, 0.1) is 6.20 Å². The Morgan fingerprint density at radius 2 is 2.07 bits per heavy atom. The maximum Gasteiger partial charge on any atom is 0.259 e. The lowest BCUT2D eigenvalue weighted by molar-refractivity contribution is 0.0658. The first-order valence-electron chi connectivity index (χ1n) is 8.94. The minimum absolute atomic E-state index is 0.0580. The van der Waals surface area contributed by atoms with E-state index in [0.717, 1.165) is 25.0 Å². The zero-order valence-corrected chi connectivity index (χ0v) is 14.9. The second kappa shape index (κ2) is 7.79. The number of aromatic nitrogens is 4. The highest BCUT2D eigenvalue weighted by Crippen LogP contribution is 2.24. The van der Waals surface area contributed by atoms with E-state index in [1.54, 1.807) is 12.4 Å². The fourth-order valence-corrected chi connectivity index (χ4v) is 3.38. The number of benzene rings is 1. The lowest BCUT2D eigenvalue weighted by atomic mass is 9.94. The van der Waals surface area contributed by atoms with E-state index in [1.165, 1.54) is 17.2 Å². The Morgan fingerprint density at radius 3 is 2.82 bits per heavy atom. The average Bonchev–Trinajstić information content (AvgIpc) is 3.17. The molecule has 0 saturated carbocycles. The quantitative estimate of drug-likeness (QED) is 0.687. The molecule has 1 aliphatic rings. The Bertz CT molecular complexity index is 959. The molecule has 0 aliphatic carbocycles. The molecule has 2 aromatic heterocycles. The van der Waals surface area contributed by atoms with E-state index in [-0.39, 0.29) is 5.92 Å². The molecule has 1 saturated heterocycles. The summed E-state index contributed by atoms with van der Waals surface area (Å²) in [6, 6.07) is 3.42. The fourth-order valence-electron chi connectivity index (χ4n) is 3.38. The Labute approximate surface area is 159 Å². The van der Waals surface area contributed by atoms with Gasteiger partial charge in [0.1, 0.15) is 22.9 Å². The van der Waals surface area contributed by atoms with Gasteiger partial charge in [-0.1, -0.05) is 11.2 Å². The largest absolute Gasteiger partial charge is 0.339 e. The van der Waals surface area contributed by atoms with Gasteiger partial charge >= 0.3 is 0 Å². The van der Waals surface area contributed by atoms with E-state index in [2.05, 4.69) is 20.1 Å². The van der Waals surface area contributed by atoms with E-state index in [9.17, 15) is 13.6 Å². The standard InChI is InChI=1S/C19H17F2N5O2/c20-13-4-1-5-14(21)17(13)19(27)26-8-2-3-12(11-26)9-16-24-18(25-28-16)15-10-22-6-7-23-15/h1,4-7,10,12H,2-3,8-9,11H2. The first kappa shape index (κ1) is 18.1. The molecular formula is C19H17F2N5O2. The molecule has 0 spiro atoms. The van der Waals surface area contributed by atoms with Crippen LogP contribution >= 0.6 is 0 Å². The molecule has 1 aliphatic heterocycles. The Kier molecular flexibility index (Phi) is 5.05. The van der Waals surface area contributed by atoms with Gasteiger partial charge in [0.2, 0.25) is 11.7 Å². The van der Waals surface area contributed by atoms with E-state index < -0.39 is 23.1 Å². The molecule has 7 nitrogen and oxygen atoms in total. The summed E-state index contributed by atoms with van der Waals surface area (Å²) in [5, 5.41) is 3.91. The molecular weight excluding hydrogens is 368 g/mol. The van der Waals surface area contributed by atoms with Crippen molar-refractivity contribution in [3.8, 4) is 11.5 Å². The smallest absolute Gasteiger partial charge is 0.259 e. The van der Waals surface area contributed by atoms with Gasteiger partial charge in [-0.3, -0.25) is 9.78 Å². The van der Waals surface area contributed by atoms with Crippen molar-refractivity contribution in [2.75, 3.05) is 13.1 Å². The maximum absolute atomic E-state index is 13.9. The first-order valence-corrected chi connectivity index (χ1v) is 8.94. The number of likely N-dealkylation sites (tertiary alicyclic amines) is 1. The van der Waals surface area contributed by atoms with Crippen LogP contribution in [0.25, 0.3) is 11.5 Å². The van der Waals surface area contributed by atoms with E-state index in [4.69, 9.17) is 4.52 Å². The number of nitrogens with zero attached hydrogens (tertiary/aromatic N) is 5. The summed E-state index contributed by atoms with van der Waals surface area (Å²) < 4.78 is 33.2. The number of hydrogen-bond donors (Lipinski definition) is 0. The molecule has 0 N–H and O–H groups in total. The Hall–Kier alpha value is -3.23. The van der Waals surface area contributed by atoms with Crippen LogP contribution in [0, 0.1) is 17.6 Å². The topological polar surface area (TPSA) is 85.0 Å². The molecule has 1 unspecified atom stereocenters. The van der Waals surface area contributed by atoms with Gasteiger partial charge in [-0.05, 0) is 30.9 Å². The molecule has 0 bridgehead atoms. The molecule has 4 rings (SSSR count). The van der Waals surface area contributed by atoms with Gasteiger partial charge in [0, 0.05) is 31.9 Å². The lowest BCUT2D eigenvalue weighted by Gasteiger charge is -2.32. The zero-order chi connectivity index (χ0) is 19.5. The number of rotatable bonds is 4. The van der Waals surface area contributed by atoms with E-state index in [1.807, 2.05) is 0 Å². The van der Waals surface area contributed by atoms with Crippen LogP contribution in [0.1, 0.15) is 29.1 Å². The number of hydrogen-bond acceptors (Lipinski definition) is 6. The van der Waals surface area contributed by atoms with Gasteiger partial charge in [0.25, 0.3) is 5.91 Å². The van der Waals surface area contributed by atoms with Gasteiger partial charge in [-0.2, -0.15) is 4.98 Å². The van der Waals surface area contributed by atoms with Crippen LogP contribution in [0.5, 0.6) is 0 Å². The number of carbonyl (C=O) groups is 1. The molecule has 144 valence electrons. The molecule has 1 atom stereocenters.